The standard InChI is InChI=1S/C11H20Se2/c1-3-12-9-11(13-4-2)10-7-5-6-8-10/h9-10H,3-8H2,1-2H3/b11-9-. The molecule has 0 aliphatic heterocycles. The third-order valence-corrected chi connectivity index (χ3v) is 7.02. The molecule has 0 nitrogen and oxygen atoms in total. The van der Waals surface area contributed by atoms with E-state index in [-0.39, 0.29) is 0 Å². The summed E-state index contributed by atoms with van der Waals surface area (Å²) >= 11 is 1.63. The van der Waals surface area contributed by atoms with Gasteiger partial charge in [0, 0.05) is 0 Å². The molecule has 1 aliphatic rings. The first-order chi connectivity index (χ1) is 6.38. The molecule has 1 fully saturated rings. The van der Waals surface area contributed by atoms with E-state index in [4.69, 9.17) is 0 Å². The third kappa shape index (κ3) is 4.21. The average molecular weight is 310 g/mol. The van der Waals surface area contributed by atoms with Gasteiger partial charge in [-0.25, -0.2) is 0 Å². The van der Waals surface area contributed by atoms with Crippen LogP contribution in [-0.4, -0.2) is 29.9 Å². The van der Waals surface area contributed by atoms with Gasteiger partial charge in [-0.2, -0.15) is 0 Å². The van der Waals surface area contributed by atoms with E-state index < -0.39 is 0 Å². The van der Waals surface area contributed by atoms with Crippen molar-refractivity contribution < 1.29 is 0 Å². The summed E-state index contributed by atoms with van der Waals surface area (Å²) in [5.41, 5.74) is 0. The predicted octanol–water partition coefficient (Wildman–Crippen LogP) is 3.30. The van der Waals surface area contributed by atoms with Gasteiger partial charge in [0.2, 0.25) is 0 Å². The van der Waals surface area contributed by atoms with Gasteiger partial charge in [0.15, 0.2) is 0 Å². The zero-order chi connectivity index (χ0) is 9.52. The van der Waals surface area contributed by atoms with Gasteiger partial charge in [0.05, 0.1) is 0 Å². The molecule has 1 saturated carbocycles. The van der Waals surface area contributed by atoms with Crippen molar-refractivity contribution in [2.45, 2.75) is 50.2 Å². The third-order valence-electron chi connectivity index (χ3n) is 2.43. The number of allylic oxidation sites excluding steroid dienone is 1. The van der Waals surface area contributed by atoms with Gasteiger partial charge in [-0.3, -0.25) is 0 Å². The van der Waals surface area contributed by atoms with Crippen LogP contribution in [0.3, 0.4) is 0 Å². The average Bonchev–Trinajstić information content (AvgIpc) is 2.65. The van der Waals surface area contributed by atoms with Crippen molar-refractivity contribution >= 4 is 29.9 Å². The van der Waals surface area contributed by atoms with E-state index in [0.29, 0.717) is 0 Å². The zero-order valence-electron chi connectivity index (χ0n) is 8.71. The molecule has 0 atom stereocenters. The number of rotatable bonds is 5. The summed E-state index contributed by atoms with van der Waals surface area (Å²) < 4.78 is 1.87. The van der Waals surface area contributed by atoms with Crippen LogP contribution in [0.2, 0.25) is 10.6 Å². The van der Waals surface area contributed by atoms with E-state index >= 15 is 0 Å². The van der Waals surface area contributed by atoms with Gasteiger partial charge in [0.25, 0.3) is 0 Å². The first-order valence-electron chi connectivity index (χ1n) is 5.33. The SMILES string of the molecule is CC[Se]/C=C(\[Se]CC)C1CCCC1. The van der Waals surface area contributed by atoms with Crippen molar-refractivity contribution in [3.63, 3.8) is 0 Å². The fourth-order valence-electron chi connectivity index (χ4n) is 1.79. The second-order valence-electron chi connectivity index (χ2n) is 3.39. The van der Waals surface area contributed by atoms with Crippen LogP contribution in [0.5, 0.6) is 0 Å². The van der Waals surface area contributed by atoms with Crippen LogP contribution in [0, 0.1) is 5.92 Å². The molecular weight excluding hydrogens is 290 g/mol. The zero-order valence-corrected chi connectivity index (χ0v) is 12.1. The van der Waals surface area contributed by atoms with Crippen molar-refractivity contribution in [3.8, 4) is 0 Å². The summed E-state index contributed by atoms with van der Waals surface area (Å²) in [6, 6.07) is 0. The van der Waals surface area contributed by atoms with E-state index in [1.165, 1.54) is 36.3 Å². The van der Waals surface area contributed by atoms with Gasteiger partial charge in [-0.15, -0.1) is 0 Å². The van der Waals surface area contributed by atoms with Crippen LogP contribution >= 0.6 is 0 Å². The molecule has 76 valence electrons. The second kappa shape index (κ2) is 7.12. The normalized spacial score (nSPS) is 19.7. The van der Waals surface area contributed by atoms with Crippen LogP contribution < -0.4 is 0 Å². The molecule has 0 N–H and O–H groups in total. The summed E-state index contributed by atoms with van der Waals surface area (Å²) in [7, 11) is 0. The van der Waals surface area contributed by atoms with Gasteiger partial charge in [-0.05, 0) is 0 Å². The minimum atomic E-state index is 0.800. The fraction of sp³-hybridized carbons (Fsp3) is 0.818. The summed E-state index contributed by atoms with van der Waals surface area (Å²) in [4.78, 5) is 2.62. The molecule has 0 amide bonds. The van der Waals surface area contributed by atoms with Crippen LogP contribution in [0.15, 0.2) is 9.45 Å². The molecule has 0 heterocycles. The summed E-state index contributed by atoms with van der Waals surface area (Å²) in [5.74, 6) is 1.01. The summed E-state index contributed by atoms with van der Waals surface area (Å²) in [5, 5.41) is 2.78. The molecule has 0 saturated heterocycles. The second-order valence-corrected chi connectivity index (χ2v) is 8.60. The molecular formula is C11H20Se2. The number of hydrogen-bond donors (Lipinski definition) is 0. The Hall–Kier alpha value is 0.779. The molecule has 0 bridgehead atoms. The summed E-state index contributed by atoms with van der Waals surface area (Å²) in [6.07, 6.45) is 5.96. The fourth-order valence-corrected chi connectivity index (χ4v) is 6.20. The van der Waals surface area contributed by atoms with Crippen LogP contribution in [0.4, 0.5) is 0 Å². The molecule has 13 heavy (non-hydrogen) atoms. The Morgan fingerprint density at radius 3 is 2.46 bits per heavy atom. The van der Waals surface area contributed by atoms with Crippen molar-refractivity contribution in [3.05, 3.63) is 9.45 Å². The van der Waals surface area contributed by atoms with Crippen LogP contribution in [-0.2, 0) is 0 Å². The van der Waals surface area contributed by atoms with Crippen molar-refractivity contribution in [2.24, 2.45) is 5.92 Å². The van der Waals surface area contributed by atoms with E-state index in [0.717, 1.165) is 35.8 Å². The molecule has 1 aliphatic carbocycles. The molecule has 0 radical (unpaired) electrons. The Labute approximate surface area is 95.3 Å². The molecule has 0 unspecified atom stereocenters. The first-order valence-corrected chi connectivity index (χ1v) is 9.59. The Kier molecular flexibility index (Phi) is 6.49. The van der Waals surface area contributed by atoms with Gasteiger partial charge >= 0.3 is 95.4 Å². The van der Waals surface area contributed by atoms with Gasteiger partial charge in [0.1, 0.15) is 0 Å². The summed E-state index contributed by atoms with van der Waals surface area (Å²) in [6.45, 7) is 4.64. The maximum atomic E-state index is 2.62. The van der Waals surface area contributed by atoms with E-state index in [2.05, 4.69) is 18.8 Å². The molecule has 2 heteroatoms. The van der Waals surface area contributed by atoms with E-state index in [1.807, 2.05) is 4.47 Å². The monoisotopic (exact) mass is 312 g/mol. The van der Waals surface area contributed by atoms with Crippen molar-refractivity contribution in [2.75, 3.05) is 0 Å². The molecule has 1 rings (SSSR count). The van der Waals surface area contributed by atoms with Gasteiger partial charge < -0.3 is 0 Å². The number of hydrogen-bond acceptors (Lipinski definition) is 0. The molecule has 0 aromatic rings. The van der Waals surface area contributed by atoms with Crippen molar-refractivity contribution in [1.82, 2.24) is 0 Å². The van der Waals surface area contributed by atoms with E-state index in [1.54, 1.807) is 0 Å². The van der Waals surface area contributed by atoms with Crippen LogP contribution in [0.25, 0.3) is 0 Å². The maximum absolute atomic E-state index is 2.62. The Balaban J connectivity index is 2.44. The first kappa shape index (κ1) is 11.9. The quantitative estimate of drug-likeness (QED) is 0.684. The Morgan fingerprint density at radius 2 is 1.92 bits per heavy atom. The minimum absolute atomic E-state index is 0.800. The molecule has 0 aromatic heterocycles. The molecule has 0 spiro atoms. The van der Waals surface area contributed by atoms with E-state index in [9.17, 15) is 0 Å². The molecule has 0 aromatic carbocycles. The van der Waals surface area contributed by atoms with Crippen molar-refractivity contribution in [1.29, 1.82) is 0 Å². The Morgan fingerprint density at radius 1 is 1.23 bits per heavy atom. The Bertz CT molecular complexity index is 157. The predicted molar refractivity (Wildman–Crippen MR) is 62.5 cm³/mol. The topological polar surface area (TPSA) is 0 Å². The van der Waals surface area contributed by atoms with Crippen LogP contribution in [0.1, 0.15) is 39.5 Å². The van der Waals surface area contributed by atoms with Gasteiger partial charge in [-0.1, -0.05) is 0 Å².